The Morgan fingerprint density at radius 3 is 2.72 bits per heavy atom. The van der Waals surface area contributed by atoms with Crippen LogP contribution in [0.2, 0.25) is 0 Å². The van der Waals surface area contributed by atoms with Crippen LogP contribution in [0.3, 0.4) is 0 Å². The highest BCUT2D eigenvalue weighted by Gasteiger charge is 2.10. The Morgan fingerprint density at radius 2 is 2.22 bits per heavy atom. The maximum Gasteiger partial charge on any atom is 0.260 e. The van der Waals surface area contributed by atoms with Gasteiger partial charge >= 0.3 is 0 Å². The number of nitrogens with zero attached hydrogens (tertiary/aromatic N) is 1. The number of carbonyl (C=O) groups is 1. The van der Waals surface area contributed by atoms with E-state index < -0.39 is 5.82 Å². The first-order chi connectivity index (χ1) is 8.45. The third-order valence-electron chi connectivity index (χ3n) is 2.72. The number of halogens is 1. The predicted molar refractivity (Wildman–Crippen MR) is 67.8 cm³/mol. The first kappa shape index (κ1) is 14.4. The minimum Gasteiger partial charge on any atom is -0.484 e. The van der Waals surface area contributed by atoms with Gasteiger partial charge in [-0.15, -0.1) is 0 Å². The molecular weight excluding hydrogens is 235 g/mol. The monoisotopic (exact) mass is 254 g/mol. The van der Waals surface area contributed by atoms with Crippen molar-refractivity contribution in [1.29, 1.82) is 0 Å². The lowest BCUT2D eigenvalue weighted by molar-refractivity contribution is -0.131. The largest absolute Gasteiger partial charge is 0.484 e. The normalized spacial score (nSPS) is 12.1. The first-order valence-electron chi connectivity index (χ1n) is 5.87. The molecule has 2 N–H and O–H groups in total. The lowest BCUT2D eigenvalue weighted by Crippen LogP contribution is -2.31. The van der Waals surface area contributed by atoms with Crippen LogP contribution in [-0.4, -0.2) is 31.0 Å². The molecule has 0 aliphatic carbocycles. The fourth-order valence-corrected chi connectivity index (χ4v) is 1.40. The predicted octanol–water partition coefficient (Wildman–Crippen LogP) is 1.70. The molecule has 0 aromatic heterocycles. The lowest BCUT2D eigenvalue weighted by atomic mass is 10.1. The summed E-state index contributed by atoms with van der Waals surface area (Å²) >= 11 is 0. The molecule has 0 saturated heterocycles. The molecule has 0 fully saturated rings. The van der Waals surface area contributed by atoms with Crippen molar-refractivity contribution in [2.45, 2.75) is 19.9 Å². The van der Waals surface area contributed by atoms with Crippen LogP contribution in [0.25, 0.3) is 0 Å². The van der Waals surface area contributed by atoms with Crippen LogP contribution in [0.4, 0.5) is 4.39 Å². The quantitative estimate of drug-likeness (QED) is 0.870. The van der Waals surface area contributed by atoms with Gasteiger partial charge in [-0.2, -0.15) is 0 Å². The summed E-state index contributed by atoms with van der Waals surface area (Å²) in [5.41, 5.74) is 6.03. The fourth-order valence-electron chi connectivity index (χ4n) is 1.40. The molecule has 0 saturated carbocycles. The second kappa shape index (κ2) is 6.35. The van der Waals surface area contributed by atoms with E-state index in [0.717, 1.165) is 0 Å². The number of amides is 1. The zero-order chi connectivity index (χ0) is 13.7. The second-order valence-corrected chi connectivity index (χ2v) is 4.17. The summed E-state index contributed by atoms with van der Waals surface area (Å²) in [6, 6.07) is 4.06. The molecule has 0 aliphatic heterocycles. The molecule has 0 heterocycles. The van der Waals surface area contributed by atoms with Crippen molar-refractivity contribution in [3.8, 4) is 5.75 Å². The Bertz CT molecular complexity index is 421. The van der Waals surface area contributed by atoms with E-state index in [1.54, 1.807) is 26.1 Å². The zero-order valence-electron chi connectivity index (χ0n) is 10.9. The Balaban J connectivity index is 2.64. The molecule has 5 heteroatoms. The standard InChI is InChI=1S/C13H19FN2O2/c1-4-16(3)13(17)8-18-10-5-6-11(9(2)15)12(14)7-10/h5-7,9H,4,8,15H2,1-3H3/t9-/m1/s1. The first-order valence-corrected chi connectivity index (χ1v) is 5.87. The maximum atomic E-state index is 13.6. The molecule has 18 heavy (non-hydrogen) atoms. The van der Waals surface area contributed by atoms with Gasteiger partial charge < -0.3 is 15.4 Å². The van der Waals surface area contributed by atoms with Crippen LogP contribution < -0.4 is 10.5 Å². The average Bonchev–Trinajstić information content (AvgIpc) is 2.34. The van der Waals surface area contributed by atoms with Gasteiger partial charge in [-0.05, 0) is 19.9 Å². The number of ether oxygens (including phenoxy) is 1. The molecule has 100 valence electrons. The van der Waals surface area contributed by atoms with Crippen molar-refractivity contribution in [3.05, 3.63) is 29.6 Å². The molecule has 0 aliphatic rings. The van der Waals surface area contributed by atoms with Gasteiger partial charge in [0, 0.05) is 31.3 Å². The van der Waals surface area contributed by atoms with Crippen molar-refractivity contribution in [1.82, 2.24) is 4.90 Å². The molecule has 0 radical (unpaired) electrons. The van der Waals surface area contributed by atoms with Gasteiger partial charge in [0.1, 0.15) is 11.6 Å². The van der Waals surface area contributed by atoms with Crippen molar-refractivity contribution in [2.24, 2.45) is 5.73 Å². The van der Waals surface area contributed by atoms with E-state index in [9.17, 15) is 9.18 Å². The van der Waals surface area contributed by atoms with E-state index in [2.05, 4.69) is 0 Å². The minimum atomic E-state index is -0.418. The Kier molecular flexibility index (Phi) is 5.09. The van der Waals surface area contributed by atoms with Crippen molar-refractivity contribution < 1.29 is 13.9 Å². The highest BCUT2D eigenvalue weighted by Crippen LogP contribution is 2.20. The smallest absolute Gasteiger partial charge is 0.260 e. The molecule has 1 aromatic rings. The van der Waals surface area contributed by atoms with Gasteiger partial charge in [0.05, 0.1) is 0 Å². The SMILES string of the molecule is CCN(C)C(=O)COc1ccc([C@@H](C)N)c(F)c1. The maximum absolute atomic E-state index is 13.6. The summed E-state index contributed by atoms with van der Waals surface area (Å²) in [4.78, 5) is 13.0. The highest BCUT2D eigenvalue weighted by atomic mass is 19.1. The van der Waals surface area contributed by atoms with Crippen LogP contribution >= 0.6 is 0 Å². The Labute approximate surface area is 107 Å². The van der Waals surface area contributed by atoms with Crippen LogP contribution in [0, 0.1) is 5.82 Å². The van der Waals surface area contributed by atoms with Crippen molar-refractivity contribution in [2.75, 3.05) is 20.2 Å². The number of hydrogen-bond donors (Lipinski definition) is 1. The summed E-state index contributed by atoms with van der Waals surface area (Å²) in [5.74, 6) is -0.234. The van der Waals surface area contributed by atoms with Crippen molar-refractivity contribution in [3.63, 3.8) is 0 Å². The van der Waals surface area contributed by atoms with Crippen LogP contribution in [-0.2, 0) is 4.79 Å². The molecule has 0 bridgehead atoms. The Hall–Kier alpha value is -1.62. The summed E-state index contributed by atoms with van der Waals surface area (Å²) in [5, 5.41) is 0. The molecule has 4 nitrogen and oxygen atoms in total. The topological polar surface area (TPSA) is 55.6 Å². The summed E-state index contributed by atoms with van der Waals surface area (Å²) in [6.45, 7) is 4.09. The van der Waals surface area contributed by atoms with Gasteiger partial charge in [-0.25, -0.2) is 4.39 Å². The number of nitrogens with two attached hydrogens (primary N) is 1. The number of benzene rings is 1. The fraction of sp³-hybridized carbons (Fsp3) is 0.462. The molecule has 0 spiro atoms. The van der Waals surface area contributed by atoms with E-state index in [-0.39, 0.29) is 18.6 Å². The summed E-state index contributed by atoms with van der Waals surface area (Å²) < 4.78 is 18.8. The van der Waals surface area contributed by atoms with Crippen LogP contribution in [0.15, 0.2) is 18.2 Å². The molecule has 1 rings (SSSR count). The lowest BCUT2D eigenvalue weighted by Gasteiger charge is -2.15. The number of hydrogen-bond acceptors (Lipinski definition) is 3. The second-order valence-electron chi connectivity index (χ2n) is 4.17. The average molecular weight is 254 g/mol. The van der Waals surface area contributed by atoms with E-state index >= 15 is 0 Å². The van der Waals surface area contributed by atoms with Crippen molar-refractivity contribution >= 4 is 5.91 Å². The minimum absolute atomic E-state index is 0.0959. The van der Waals surface area contributed by atoms with Crippen LogP contribution in [0.5, 0.6) is 5.75 Å². The van der Waals surface area contributed by atoms with Gasteiger partial charge in [0.2, 0.25) is 0 Å². The van der Waals surface area contributed by atoms with E-state index in [4.69, 9.17) is 10.5 Å². The van der Waals surface area contributed by atoms with Crippen LogP contribution in [0.1, 0.15) is 25.5 Å². The number of carbonyl (C=O) groups excluding carboxylic acids is 1. The zero-order valence-corrected chi connectivity index (χ0v) is 10.9. The van der Waals surface area contributed by atoms with Gasteiger partial charge in [-0.3, -0.25) is 4.79 Å². The van der Waals surface area contributed by atoms with E-state index in [1.165, 1.54) is 11.0 Å². The number of rotatable bonds is 5. The molecule has 1 amide bonds. The Morgan fingerprint density at radius 1 is 1.56 bits per heavy atom. The van der Waals surface area contributed by atoms with Gasteiger partial charge in [-0.1, -0.05) is 6.07 Å². The van der Waals surface area contributed by atoms with Gasteiger partial charge in [0.15, 0.2) is 6.61 Å². The molecule has 1 atom stereocenters. The third-order valence-corrected chi connectivity index (χ3v) is 2.72. The van der Waals surface area contributed by atoms with E-state index in [0.29, 0.717) is 17.9 Å². The molecule has 1 aromatic carbocycles. The van der Waals surface area contributed by atoms with Gasteiger partial charge in [0.25, 0.3) is 5.91 Å². The summed E-state index contributed by atoms with van der Waals surface area (Å²) in [6.07, 6.45) is 0. The highest BCUT2D eigenvalue weighted by molar-refractivity contribution is 5.77. The molecular formula is C13H19FN2O2. The number of likely N-dealkylation sites (N-methyl/N-ethyl adjacent to an activating group) is 1. The third kappa shape index (κ3) is 3.70. The van der Waals surface area contributed by atoms with E-state index in [1.807, 2.05) is 6.92 Å². The molecule has 0 unspecified atom stereocenters. The summed E-state index contributed by atoms with van der Waals surface area (Å²) in [7, 11) is 1.69.